The molecule has 1 amide bonds. The second-order valence-electron chi connectivity index (χ2n) is 5.36. The summed E-state index contributed by atoms with van der Waals surface area (Å²) in [5, 5.41) is 13.7. The van der Waals surface area contributed by atoms with Crippen LogP contribution in [0.15, 0.2) is 54.6 Å². The van der Waals surface area contributed by atoms with E-state index in [1.165, 1.54) is 24.3 Å². The molecule has 6 heteroatoms. The molecule has 0 aliphatic carbocycles. The minimum Gasteiger partial charge on any atom is -0.352 e. The lowest BCUT2D eigenvalue weighted by Crippen LogP contribution is -2.25. The van der Waals surface area contributed by atoms with E-state index < -0.39 is 4.92 Å². The highest BCUT2D eigenvalue weighted by Crippen LogP contribution is 2.25. The van der Waals surface area contributed by atoms with Gasteiger partial charge in [0.25, 0.3) is 5.69 Å². The van der Waals surface area contributed by atoms with Crippen molar-refractivity contribution in [3.8, 4) is 0 Å². The van der Waals surface area contributed by atoms with Crippen molar-refractivity contribution in [3.63, 3.8) is 0 Å². The molecule has 0 aliphatic rings. The Kier molecular flexibility index (Phi) is 6.09. The van der Waals surface area contributed by atoms with Crippen LogP contribution in [0.4, 0.5) is 5.69 Å². The summed E-state index contributed by atoms with van der Waals surface area (Å²) >= 11 is 5.75. The number of rotatable bonds is 6. The average molecular weight is 345 g/mol. The van der Waals surface area contributed by atoms with Crippen molar-refractivity contribution in [2.24, 2.45) is 0 Å². The van der Waals surface area contributed by atoms with Crippen molar-refractivity contribution in [1.82, 2.24) is 5.32 Å². The van der Waals surface area contributed by atoms with Gasteiger partial charge in [-0.25, -0.2) is 0 Å². The smallest absolute Gasteiger partial charge is 0.288 e. The molecule has 0 radical (unpaired) electrons. The molecule has 0 heterocycles. The van der Waals surface area contributed by atoms with Gasteiger partial charge in [0.05, 0.1) is 4.92 Å². The van der Waals surface area contributed by atoms with E-state index in [1.807, 2.05) is 37.3 Å². The Balaban J connectivity index is 1.94. The molecule has 2 aromatic rings. The molecule has 2 rings (SSSR count). The maximum Gasteiger partial charge on any atom is 0.288 e. The fourth-order valence-corrected chi connectivity index (χ4v) is 2.34. The predicted molar refractivity (Wildman–Crippen MR) is 95.0 cm³/mol. The summed E-state index contributed by atoms with van der Waals surface area (Å²) in [6.07, 6.45) is 2.87. The van der Waals surface area contributed by atoms with E-state index in [0.29, 0.717) is 12.1 Å². The first-order chi connectivity index (χ1) is 11.5. The Hall–Kier alpha value is -2.66. The maximum atomic E-state index is 11.9. The highest BCUT2D eigenvalue weighted by Gasteiger charge is 2.11. The fourth-order valence-electron chi connectivity index (χ4n) is 2.16. The summed E-state index contributed by atoms with van der Waals surface area (Å²) in [4.78, 5) is 22.2. The Labute approximate surface area is 145 Å². The number of benzene rings is 2. The minimum atomic E-state index is -0.554. The second kappa shape index (κ2) is 8.26. The number of halogens is 1. The van der Waals surface area contributed by atoms with E-state index in [9.17, 15) is 14.9 Å². The Morgan fingerprint density at radius 2 is 2.00 bits per heavy atom. The average Bonchev–Trinajstić information content (AvgIpc) is 2.59. The van der Waals surface area contributed by atoms with Gasteiger partial charge in [-0.05, 0) is 29.2 Å². The summed E-state index contributed by atoms with van der Waals surface area (Å²) in [5.74, 6) is -0.0597. The fraction of sp³-hybridized carbons (Fsp3) is 0.167. The van der Waals surface area contributed by atoms with E-state index in [-0.39, 0.29) is 22.5 Å². The number of carbonyl (C=O) groups excluding carboxylic acids is 1. The molecule has 0 aromatic heterocycles. The van der Waals surface area contributed by atoms with Gasteiger partial charge in [-0.15, -0.1) is 0 Å². The molecule has 0 saturated heterocycles. The summed E-state index contributed by atoms with van der Waals surface area (Å²) in [6, 6.07) is 14.3. The third-order valence-electron chi connectivity index (χ3n) is 3.55. The highest BCUT2D eigenvalue weighted by atomic mass is 35.5. The minimum absolute atomic E-state index is 0.0679. The second-order valence-corrected chi connectivity index (χ2v) is 5.77. The zero-order valence-electron chi connectivity index (χ0n) is 13.1. The molecule has 0 fully saturated rings. The summed E-state index contributed by atoms with van der Waals surface area (Å²) in [5.41, 5.74) is 1.50. The molecular formula is C18H17ClN2O3. The van der Waals surface area contributed by atoms with Gasteiger partial charge in [-0.1, -0.05) is 54.9 Å². The van der Waals surface area contributed by atoms with Crippen LogP contribution < -0.4 is 5.32 Å². The first kappa shape index (κ1) is 17.7. The number of hydrogen-bond donors (Lipinski definition) is 1. The lowest BCUT2D eigenvalue weighted by molar-refractivity contribution is -0.384. The zero-order chi connectivity index (χ0) is 17.5. The van der Waals surface area contributed by atoms with Crippen LogP contribution >= 0.6 is 11.6 Å². The van der Waals surface area contributed by atoms with Crippen LogP contribution in [0.2, 0.25) is 5.02 Å². The van der Waals surface area contributed by atoms with Gasteiger partial charge in [-0.3, -0.25) is 14.9 Å². The van der Waals surface area contributed by atoms with Gasteiger partial charge in [-0.2, -0.15) is 0 Å². The first-order valence-electron chi connectivity index (χ1n) is 7.42. The van der Waals surface area contributed by atoms with Crippen molar-refractivity contribution >= 4 is 29.3 Å². The van der Waals surface area contributed by atoms with Crippen molar-refractivity contribution in [2.75, 3.05) is 6.54 Å². The van der Waals surface area contributed by atoms with Gasteiger partial charge in [0.1, 0.15) is 5.02 Å². The van der Waals surface area contributed by atoms with Gasteiger partial charge < -0.3 is 5.32 Å². The van der Waals surface area contributed by atoms with Crippen LogP contribution in [-0.4, -0.2) is 17.4 Å². The summed E-state index contributed by atoms with van der Waals surface area (Å²) in [7, 11) is 0. The van der Waals surface area contributed by atoms with E-state index in [4.69, 9.17) is 11.6 Å². The zero-order valence-corrected chi connectivity index (χ0v) is 13.9. The molecule has 1 unspecified atom stereocenters. The number of hydrogen-bond acceptors (Lipinski definition) is 3. The first-order valence-corrected chi connectivity index (χ1v) is 7.80. The number of carbonyl (C=O) groups is 1. The SMILES string of the molecule is CC(CNC(=O)C=Cc1ccc(Cl)c([N+](=O)[O-])c1)c1ccccc1. The van der Waals surface area contributed by atoms with Crippen LogP contribution in [0.5, 0.6) is 0 Å². The number of nitro groups is 1. The van der Waals surface area contributed by atoms with Crippen LogP contribution in [0.25, 0.3) is 6.08 Å². The van der Waals surface area contributed by atoms with Crippen molar-refractivity contribution < 1.29 is 9.72 Å². The molecule has 0 saturated carbocycles. The molecule has 1 atom stereocenters. The highest BCUT2D eigenvalue weighted by molar-refractivity contribution is 6.32. The van der Waals surface area contributed by atoms with Crippen molar-refractivity contribution in [1.29, 1.82) is 0 Å². The number of nitrogens with zero attached hydrogens (tertiary/aromatic N) is 1. The maximum absolute atomic E-state index is 11.9. The summed E-state index contributed by atoms with van der Waals surface area (Å²) < 4.78 is 0. The lowest BCUT2D eigenvalue weighted by Gasteiger charge is -2.11. The van der Waals surface area contributed by atoms with E-state index >= 15 is 0 Å². The monoisotopic (exact) mass is 344 g/mol. The van der Waals surface area contributed by atoms with Crippen LogP contribution in [0, 0.1) is 10.1 Å². The van der Waals surface area contributed by atoms with Gasteiger partial charge in [0, 0.05) is 18.7 Å². The topological polar surface area (TPSA) is 72.2 Å². The Bertz CT molecular complexity index is 760. The number of nitro benzene ring substituents is 1. The van der Waals surface area contributed by atoms with Crippen LogP contribution in [0.3, 0.4) is 0 Å². The number of nitrogens with one attached hydrogen (secondary N) is 1. The molecule has 1 N–H and O–H groups in total. The van der Waals surface area contributed by atoms with Gasteiger partial charge in [0.15, 0.2) is 0 Å². The van der Waals surface area contributed by atoms with E-state index in [1.54, 1.807) is 6.07 Å². The normalized spacial score (nSPS) is 12.1. The third kappa shape index (κ3) is 4.93. The molecule has 24 heavy (non-hydrogen) atoms. The molecule has 2 aromatic carbocycles. The van der Waals surface area contributed by atoms with Crippen LogP contribution in [0.1, 0.15) is 24.0 Å². The largest absolute Gasteiger partial charge is 0.352 e. The van der Waals surface area contributed by atoms with Crippen molar-refractivity contribution in [3.05, 3.63) is 80.9 Å². The Morgan fingerprint density at radius 1 is 1.29 bits per heavy atom. The molecule has 5 nitrogen and oxygen atoms in total. The van der Waals surface area contributed by atoms with Gasteiger partial charge >= 0.3 is 0 Å². The quantitative estimate of drug-likeness (QED) is 0.485. The molecule has 0 aliphatic heterocycles. The molecule has 0 spiro atoms. The van der Waals surface area contributed by atoms with E-state index in [2.05, 4.69) is 5.32 Å². The molecule has 0 bridgehead atoms. The van der Waals surface area contributed by atoms with Crippen molar-refractivity contribution in [2.45, 2.75) is 12.8 Å². The summed E-state index contributed by atoms with van der Waals surface area (Å²) in [6.45, 7) is 2.54. The number of amides is 1. The third-order valence-corrected chi connectivity index (χ3v) is 3.86. The van der Waals surface area contributed by atoms with Gasteiger partial charge in [0.2, 0.25) is 5.91 Å². The lowest BCUT2D eigenvalue weighted by atomic mass is 10.0. The standard InChI is InChI=1S/C18H17ClN2O3/c1-13(15-5-3-2-4-6-15)12-20-18(22)10-8-14-7-9-16(19)17(11-14)21(23)24/h2-11,13H,12H2,1H3,(H,20,22). The molecule has 124 valence electrons. The molecular weight excluding hydrogens is 328 g/mol. The Morgan fingerprint density at radius 3 is 2.67 bits per heavy atom. The van der Waals surface area contributed by atoms with Crippen LogP contribution in [-0.2, 0) is 4.79 Å². The van der Waals surface area contributed by atoms with E-state index in [0.717, 1.165) is 5.56 Å². The predicted octanol–water partition coefficient (Wildman–Crippen LogP) is 4.18.